The lowest BCUT2D eigenvalue weighted by Crippen LogP contribution is -2.38. The van der Waals surface area contributed by atoms with Crippen LogP contribution < -0.4 is 0 Å². The summed E-state index contributed by atoms with van der Waals surface area (Å²) in [5, 5.41) is 9.84. The van der Waals surface area contributed by atoms with Gasteiger partial charge < -0.3 is 10.0 Å². The van der Waals surface area contributed by atoms with Gasteiger partial charge in [0.25, 0.3) is 0 Å². The van der Waals surface area contributed by atoms with Crippen LogP contribution in [0.1, 0.15) is 49.8 Å². The molecule has 1 heterocycles. The Labute approximate surface area is 140 Å². The standard InChI is InChI=1S/C16H19Cl2NO3/c1-10-13-8-11(17)9-14(18)12(13)6-7-19(10)15(20)4-2-3-5-16(21)22/h8-10H,2-7H2,1H3,(H,21,22). The molecular weight excluding hydrogens is 325 g/mol. The number of carbonyl (C=O) groups excluding carboxylic acids is 1. The molecule has 1 aromatic rings. The van der Waals surface area contributed by atoms with Gasteiger partial charge in [-0.3, -0.25) is 9.59 Å². The number of benzene rings is 1. The van der Waals surface area contributed by atoms with Crippen LogP contribution in [0.2, 0.25) is 10.0 Å². The lowest BCUT2D eigenvalue weighted by atomic mass is 9.93. The second kappa shape index (κ2) is 7.34. The lowest BCUT2D eigenvalue weighted by molar-refractivity contribution is -0.138. The highest BCUT2D eigenvalue weighted by molar-refractivity contribution is 6.35. The van der Waals surface area contributed by atoms with Crippen LogP contribution >= 0.6 is 23.2 Å². The zero-order valence-electron chi connectivity index (χ0n) is 12.4. The molecule has 1 aliphatic heterocycles. The van der Waals surface area contributed by atoms with Gasteiger partial charge >= 0.3 is 5.97 Å². The van der Waals surface area contributed by atoms with Crippen LogP contribution in [-0.2, 0) is 16.0 Å². The Hall–Kier alpha value is -1.26. The molecule has 1 unspecified atom stereocenters. The Morgan fingerprint density at radius 2 is 1.95 bits per heavy atom. The van der Waals surface area contributed by atoms with Crippen molar-refractivity contribution in [3.05, 3.63) is 33.3 Å². The molecule has 1 amide bonds. The number of fused-ring (bicyclic) bond motifs is 1. The van der Waals surface area contributed by atoms with Gasteiger partial charge in [-0.2, -0.15) is 0 Å². The second-order valence-corrected chi connectivity index (χ2v) is 6.41. The van der Waals surface area contributed by atoms with Gasteiger partial charge in [-0.25, -0.2) is 0 Å². The zero-order valence-corrected chi connectivity index (χ0v) is 14.0. The molecule has 0 spiro atoms. The number of carboxylic acid groups (broad SMARTS) is 1. The maximum Gasteiger partial charge on any atom is 0.303 e. The van der Waals surface area contributed by atoms with E-state index in [0.717, 1.165) is 17.5 Å². The van der Waals surface area contributed by atoms with Crippen molar-refractivity contribution < 1.29 is 14.7 Å². The predicted molar refractivity (Wildman–Crippen MR) is 86.4 cm³/mol. The summed E-state index contributed by atoms with van der Waals surface area (Å²) in [7, 11) is 0. The summed E-state index contributed by atoms with van der Waals surface area (Å²) >= 11 is 12.3. The number of carboxylic acids is 1. The molecule has 0 bridgehead atoms. The molecule has 1 aromatic carbocycles. The third-order valence-corrected chi connectivity index (χ3v) is 4.62. The fourth-order valence-electron chi connectivity index (χ4n) is 2.89. The minimum absolute atomic E-state index is 0.0552. The summed E-state index contributed by atoms with van der Waals surface area (Å²) < 4.78 is 0. The Morgan fingerprint density at radius 3 is 2.64 bits per heavy atom. The molecule has 4 nitrogen and oxygen atoms in total. The monoisotopic (exact) mass is 343 g/mol. The maximum absolute atomic E-state index is 12.3. The van der Waals surface area contributed by atoms with Crippen LogP contribution in [0, 0.1) is 0 Å². The highest BCUT2D eigenvalue weighted by Crippen LogP contribution is 2.36. The number of carbonyl (C=O) groups is 2. The molecule has 2 rings (SSSR count). The molecular formula is C16H19Cl2NO3. The highest BCUT2D eigenvalue weighted by Gasteiger charge is 2.28. The summed E-state index contributed by atoms with van der Waals surface area (Å²) in [5.74, 6) is -0.767. The van der Waals surface area contributed by atoms with E-state index >= 15 is 0 Å². The highest BCUT2D eigenvalue weighted by atomic mass is 35.5. The molecule has 0 fully saturated rings. The van der Waals surface area contributed by atoms with Crippen molar-refractivity contribution in [2.75, 3.05) is 6.54 Å². The van der Waals surface area contributed by atoms with E-state index in [2.05, 4.69) is 0 Å². The second-order valence-electron chi connectivity index (χ2n) is 5.57. The van der Waals surface area contributed by atoms with Crippen molar-refractivity contribution >= 4 is 35.1 Å². The lowest BCUT2D eigenvalue weighted by Gasteiger charge is -2.36. The van der Waals surface area contributed by atoms with Gasteiger partial charge in [0, 0.05) is 29.4 Å². The summed E-state index contributed by atoms with van der Waals surface area (Å²) in [5.41, 5.74) is 2.07. The summed E-state index contributed by atoms with van der Waals surface area (Å²) in [6.07, 6.45) is 2.32. The number of amides is 1. The van der Waals surface area contributed by atoms with Crippen LogP contribution in [0.5, 0.6) is 0 Å². The van der Waals surface area contributed by atoms with E-state index in [0.29, 0.717) is 35.9 Å². The van der Waals surface area contributed by atoms with Gasteiger partial charge in [-0.05, 0) is 49.4 Å². The molecule has 1 N–H and O–H groups in total. The minimum Gasteiger partial charge on any atom is -0.481 e. The predicted octanol–water partition coefficient (Wildman–Crippen LogP) is 4.08. The summed E-state index contributed by atoms with van der Waals surface area (Å²) in [4.78, 5) is 24.7. The smallest absolute Gasteiger partial charge is 0.303 e. The molecule has 0 aliphatic carbocycles. The fraction of sp³-hybridized carbons (Fsp3) is 0.500. The van der Waals surface area contributed by atoms with Crippen molar-refractivity contribution in [3.8, 4) is 0 Å². The fourth-order valence-corrected chi connectivity index (χ4v) is 3.49. The molecule has 0 saturated heterocycles. The Kier molecular flexibility index (Phi) is 5.70. The summed E-state index contributed by atoms with van der Waals surface area (Å²) in [6.45, 7) is 2.60. The molecule has 1 aliphatic rings. The van der Waals surface area contributed by atoms with Crippen molar-refractivity contribution in [2.45, 2.75) is 45.1 Å². The first-order chi connectivity index (χ1) is 10.4. The van der Waals surface area contributed by atoms with Crippen molar-refractivity contribution in [2.24, 2.45) is 0 Å². The first-order valence-corrected chi connectivity index (χ1v) is 8.15. The molecule has 6 heteroatoms. The van der Waals surface area contributed by atoms with E-state index in [-0.39, 0.29) is 18.4 Å². The average molecular weight is 344 g/mol. The van der Waals surface area contributed by atoms with E-state index in [4.69, 9.17) is 28.3 Å². The minimum atomic E-state index is -0.822. The van der Waals surface area contributed by atoms with Crippen LogP contribution in [0.4, 0.5) is 0 Å². The third kappa shape index (κ3) is 3.93. The Bertz CT molecular complexity index is 589. The van der Waals surface area contributed by atoms with E-state index in [1.54, 1.807) is 6.07 Å². The van der Waals surface area contributed by atoms with Gasteiger partial charge in [0.1, 0.15) is 0 Å². The van der Waals surface area contributed by atoms with Crippen molar-refractivity contribution in [1.29, 1.82) is 0 Å². The number of aliphatic carboxylic acids is 1. The quantitative estimate of drug-likeness (QED) is 0.819. The maximum atomic E-state index is 12.3. The normalized spacial score (nSPS) is 17.2. The van der Waals surface area contributed by atoms with E-state index in [1.807, 2.05) is 17.9 Å². The van der Waals surface area contributed by atoms with Crippen LogP contribution in [0.25, 0.3) is 0 Å². The number of halogens is 2. The number of unbranched alkanes of at least 4 members (excludes halogenated alkanes) is 1. The molecule has 0 saturated carbocycles. The van der Waals surface area contributed by atoms with Gasteiger partial charge in [-0.1, -0.05) is 23.2 Å². The SMILES string of the molecule is CC1c2cc(Cl)cc(Cl)c2CCN1C(=O)CCCCC(=O)O. The Balaban J connectivity index is 2.02. The largest absolute Gasteiger partial charge is 0.481 e. The first kappa shape index (κ1) is 17.1. The number of hydrogen-bond acceptors (Lipinski definition) is 2. The van der Waals surface area contributed by atoms with Gasteiger partial charge in [0.2, 0.25) is 5.91 Å². The third-order valence-electron chi connectivity index (χ3n) is 4.07. The van der Waals surface area contributed by atoms with Gasteiger partial charge in [0.05, 0.1) is 6.04 Å². The average Bonchev–Trinajstić information content (AvgIpc) is 2.44. The van der Waals surface area contributed by atoms with E-state index in [9.17, 15) is 9.59 Å². The number of rotatable bonds is 5. The van der Waals surface area contributed by atoms with E-state index in [1.165, 1.54) is 0 Å². The van der Waals surface area contributed by atoms with Crippen LogP contribution in [0.15, 0.2) is 12.1 Å². The molecule has 120 valence electrons. The molecule has 0 radical (unpaired) electrons. The van der Waals surface area contributed by atoms with Crippen molar-refractivity contribution in [3.63, 3.8) is 0 Å². The van der Waals surface area contributed by atoms with Crippen molar-refractivity contribution in [1.82, 2.24) is 4.90 Å². The van der Waals surface area contributed by atoms with Crippen LogP contribution in [-0.4, -0.2) is 28.4 Å². The number of nitrogens with zero attached hydrogens (tertiary/aromatic N) is 1. The zero-order chi connectivity index (χ0) is 16.3. The van der Waals surface area contributed by atoms with Crippen LogP contribution in [0.3, 0.4) is 0 Å². The van der Waals surface area contributed by atoms with Gasteiger partial charge in [0.15, 0.2) is 0 Å². The summed E-state index contributed by atoms with van der Waals surface area (Å²) in [6, 6.07) is 3.54. The molecule has 0 aromatic heterocycles. The molecule has 22 heavy (non-hydrogen) atoms. The topological polar surface area (TPSA) is 57.6 Å². The molecule has 1 atom stereocenters. The van der Waals surface area contributed by atoms with Gasteiger partial charge in [-0.15, -0.1) is 0 Å². The number of hydrogen-bond donors (Lipinski definition) is 1. The first-order valence-electron chi connectivity index (χ1n) is 7.39. The Morgan fingerprint density at radius 1 is 1.27 bits per heavy atom. The van der Waals surface area contributed by atoms with E-state index < -0.39 is 5.97 Å².